The predicted molar refractivity (Wildman–Crippen MR) is 73.7 cm³/mol. The minimum Gasteiger partial charge on any atom is -0.456 e. The normalized spacial score (nSPS) is 12.4. The summed E-state index contributed by atoms with van der Waals surface area (Å²) >= 11 is 1.65. The molecule has 0 unspecified atom stereocenters. The summed E-state index contributed by atoms with van der Waals surface area (Å²) in [7, 11) is 0. The van der Waals surface area contributed by atoms with E-state index in [-0.39, 0.29) is 14.8 Å². The van der Waals surface area contributed by atoms with Gasteiger partial charge in [-0.2, -0.15) is 13.2 Å². The molecule has 0 fully saturated rings. The number of halogens is 4. The Bertz CT molecular complexity index is 507. The summed E-state index contributed by atoms with van der Waals surface area (Å²) in [5.41, 5.74) is 3.63. The van der Waals surface area contributed by atoms with E-state index in [1.165, 1.54) is 0 Å². The number of carbonyl (C=O) groups is 1. The fraction of sp³-hybridized carbons (Fsp3) is 0.417. The lowest BCUT2D eigenvalue weighted by atomic mass is 10.1. The SMILES string of the molecule is CC(C)(C)OC(=O)c1cc(C(F)(F)F)cc(I)c1N. The molecule has 0 amide bonds. The Morgan fingerprint density at radius 2 is 1.79 bits per heavy atom. The molecule has 0 atom stereocenters. The fourth-order valence-electron chi connectivity index (χ4n) is 1.28. The predicted octanol–water partition coefficient (Wildman–Crippen LogP) is 3.85. The highest BCUT2D eigenvalue weighted by Crippen LogP contribution is 2.34. The van der Waals surface area contributed by atoms with Crippen molar-refractivity contribution >= 4 is 34.2 Å². The minimum absolute atomic E-state index is 0.0112. The van der Waals surface area contributed by atoms with Crippen LogP contribution in [0.5, 0.6) is 0 Å². The van der Waals surface area contributed by atoms with Crippen LogP contribution in [0.25, 0.3) is 0 Å². The summed E-state index contributed by atoms with van der Waals surface area (Å²) in [5, 5.41) is 0. The van der Waals surface area contributed by atoms with Crippen molar-refractivity contribution in [3.05, 3.63) is 26.8 Å². The van der Waals surface area contributed by atoms with Crippen molar-refractivity contribution in [3.63, 3.8) is 0 Å². The molecular formula is C12H13F3INO2. The number of nitrogens with two attached hydrogens (primary N) is 1. The number of alkyl halides is 3. The average Bonchev–Trinajstić information content (AvgIpc) is 2.17. The van der Waals surface area contributed by atoms with Crippen LogP contribution in [-0.2, 0) is 10.9 Å². The quantitative estimate of drug-likeness (QED) is 0.453. The molecule has 0 aliphatic carbocycles. The molecule has 0 aliphatic heterocycles. The van der Waals surface area contributed by atoms with Gasteiger partial charge in [0.25, 0.3) is 0 Å². The molecular weight excluding hydrogens is 374 g/mol. The van der Waals surface area contributed by atoms with E-state index in [1.807, 2.05) is 0 Å². The Hall–Kier alpha value is -0.990. The van der Waals surface area contributed by atoms with Crippen molar-refractivity contribution in [1.82, 2.24) is 0 Å². The van der Waals surface area contributed by atoms with Gasteiger partial charge in [-0.25, -0.2) is 4.79 Å². The molecule has 0 spiro atoms. The van der Waals surface area contributed by atoms with Gasteiger partial charge in [0.05, 0.1) is 16.8 Å². The van der Waals surface area contributed by atoms with E-state index < -0.39 is 23.3 Å². The number of anilines is 1. The zero-order valence-electron chi connectivity index (χ0n) is 10.6. The second-order valence-corrected chi connectivity index (χ2v) is 6.08. The van der Waals surface area contributed by atoms with Crippen molar-refractivity contribution in [3.8, 4) is 0 Å². The summed E-state index contributed by atoms with van der Waals surface area (Å²) in [6, 6.07) is 1.61. The van der Waals surface area contributed by atoms with E-state index in [4.69, 9.17) is 10.5 Å². The monoisotopic (exact) mass is 387 g/mol. The van der Waals surface area contributed by atoms with Crippen molar-refractivity contribution in [1.29, 1.82) is 0 Å². The third-order valence-electron chi connectivity index (χ3n) is 2.08. The third-order valence-corrected chi connectivity index (χ3v) is 2.97. The summed E-state index contributed by atoms with van der Waals surface area (Å²) in [6.07, 6.45) is -4.54. The number of ether oxygens (including phenoxy) is 1. The van der Waals surface area contributed by atoms with Crippen LogP contribution >= 0.6 is 22.6 Å². The fourth-order valence-corrected chi connectivity index (χ4v) is 1.91. The van der Waals surface area contributed by atoms with Crippen LogP contribution in [-0.4, -0.2) is 11.6 Å². The van der Waals surface area contributed by atoms with Gasteiger partial charge in [0.15, 0.2) is 0 Å². The molecule has 1 aromatic carbocycles. The number of rotatable bonds is 1. The highest BCUT2D eigenvalue weighted by molar-refractivity contribution is 14.1. The first-order valence-electron chi connectivity index (χ1n) is 5.31. The van der Waals surface area contributed by atoms with Gasteiger partial charge in [-0.3, -0.25) is 0 Å². The third kappa shape index (κ3) is 4.26. The Morgan fingerprint density at radius 3 is 2.21 bits per heavy atom. The van der Waals surface area contributed by atoms with Gasteiger partial charge in [0.2, 0.25) is 0 Å². The highest BCUT2D eigenvalue weighted by Gasteiger charge is 2.33. The van der Waals surface area contributed by atoms with Gasteiger partial charge >= 0.3 is 12.1 Å². The smallest absolute Gasteiger partial charge is 0.416 e. The van der Waals surface area contributed by atoms with Crippen molar-refractivity contribution in [2.45, 2.75) is 32.5 Å². The van der Waals surface area contributed by atoms with E-state index >= 15 is 0 Å². The number of hydrogen-bond donors (Lipinski definition) is 1. The van der Waals surface area contributed by atoms with Crippen LogP contribution in [0, 0.1) is 3.57 Å². The molecule has 0 aliphatic rings. The second kappa shape index (κ2) is 5.18. The van der Waals surface area contributed by atoms with Crippen molar-refractivity contribution in [2.75, 3.05) is 5.73 Å². The minimum atomic E-state index is -4.54. The molecule has 19 heavy (non-hydrogen) atoms. The molecule has 0 heterocycles. The summed E-state index contributed by atoms with van der Waals surface area (Å²) < 4.78 is 43.3. The zero-order chi connectivity index (χ0) is 15.0. The van der Waals surface area contributed by atoms with Gasteiger partial charge in [-0.15, -0.1) is 0 Å². The Kier molecular flexibility index (Phi) is 4.38. The molecule has 1 rings (SSSR count). The van der Waals surface area contributed by atoms with E-state index in [0.717, 1.165) is 6.07 Å². The summed E-state index contributed by atoms with van der Waals surface area (Å²) in [6.45, 7) is 4.87. The highest BCUT2D eigenvalue weighted by atomic mass is 127. The Morgan fingerprint density at radius 1 is 1.26 bits per heavy atom. The molecule has 0 bridgehead atoms. The van der Waals surface area contributed by atoms with Crippen molar-refractivity contribution in [2.24, 2.45) is 0 Å². The van der Waals surface area contributed by atoms with E-state index in [0.29, 0.717) is 6.07 Å². The Balaban J connectivity index is 3.28. The van der Waals surface area contributed by atoms with Gasteiger partial charge in [-0.1, -0.05) is 0 Å². The number of nitrogen functional groups attached to an aromatic ring is 1. The standard InChI is InChI=1S/C12H13F3INO2/c1-11(2,3)19-10(18)7-4-6(12(13,14)15)5-8(16)9(7)17/h4-5H,17H2,1-3H3. The van der Waals surface area contributed by atoms with Crippen LogP contribution in [0.4, 0.5) is 18.9 Å². The Labute approximate surface area is 122 Å². The maximum absolute atomic E-state index is 12.7. The second-order valence-electron chi connectivity index (χ2n) is 4.92. The van der Waals surface area contributed by atoms with Crippen molar-refractivity contribution < 1.29 is 22.7 Å². The molecule has 0 aromatic heterocycles. The lowest BCUT2D eigenvalue weighted by Crippen LogP contribution is -2.25. The average molecular weight is 387 g/mol. The maximum Gasteiger partial charge on any atom is 0.416 e. The van der Waals surface area contributed by atoms with Gasteiger partial charge in [0.1, 0.15) is 5.60 Å². The molecule has 1 aromatic rings. The van der Waals surface area contributed by atoms with E-state index in [2.05, 4.69) is 0 Å². The number of benzene rings is 1. The molecule has 106 valence electrons. The van der Waals surface area contributed by atoms with Crippen LogP contribution < -0.4 is 5.73 Å². The molecule has 2 N–H and O–H groups in total. The van der Waals surface area contributed by atoms with Gasteiger partial charge in [0, 0.05) is 3.57 Å². The molecule has 0 saturated heterocycles. The summed E-state index contributed by atoms with van der Waals surface area (Å²) in [4.78, 5) is 11.8. The largest absolute Gasteiger partial charge is 0.456 e. The number of hydrogen-bond acceptors (Lipinski definition) is 3. The maximum atomic E-state index is 12.7. The van der Waals surface area contributed by atoms with Crippen LogP contribution in [0.2, 0.25) is 0 Å². The van der Waals surface area contributed by atoms with E-state index in [1.54, 1.807) is 43.4 Å². The topological polar surface area (TPSA) is 52.3 Å². The van der Waals surface area contributed by atoms with Gasteiger partial charge in [-0.05, 0) is 55.5 Å². The number of carbonyl (C=O) groups excluding carboxylic acids is 1. The first-order chi connectivity index (χ1) is 8.42. The van der Waals surface area contributed by atoms with E-state index in [9.17, 15) is 18.0 Å². The lowest BCUT2D eigenvalue weighted by molar-refractivity contribution is -0.137. The molecule has 0 radical (unpaired) electrons. The lowest BCUT2D eigenvalue weighted by Gasteiger charge is -2.21. The molecule has 3 nitrogen and oxygen atoms in total. The van der Waals surface area contributed by atoms with Gasteiger partial charge < -0.3 is 10.5 Å². The summed E-state index contributed by atoms with van der Waals surface area (Å²) in [5.74, 6) is -0.867. The first-order valence-corrected chi connectivity index (χ1v) is 6.39. The molecule has 7 heteroatoms. The van der Waals surface area contributed by atoms with Crippen LogP contribution in [0.1, 0.15) is 36.7 Å². The first kappa shape index (κ1) is 16.1. The zero-order valence-corrected chi connectivity index (χ0v) is 12.7. The molecule has 0 saturated carbocycles. The van der Waals surface area contributed by atoms with Crippen LogP contribution in [0.15, 0.2) is 12.1 Å². The van der Waals surface area contributed by atoms with Crippen LogP contribution in [0.3, 0.4) is 0 Å². The number of esters is 1.